The number of nitrogens with one attached hydrogen (secondary N) is 1. The second kappa shape index (κ2) is 4.78. The van der Waals surface area contributed by atoms with E-state index in [9.17, 15) is 9.59 Å². The van der Waals surface area contributed by atoms with Gasteiger partial charge in [-0.2, -0.15) is 0 Å². The third-order valence-electron chi connectivity index (χ3n) is 3.24. The number of nitrogens with two attached hydrogens (primary N) is 1. The molecule has 0 heterocycles. The van der Waals surface area contributed by atoms with Gasteiger partial charge in [-0.25, -0.2) is 0 Å². The number of hydrogen-bond acceptors (Lipinski definition) is 3. The summed E-state index contributed by atoms with van der Waals surface area (Å²) in [6.07, 6.45) is 2.32. The van der Waals surface area contributed by atoms with Gasteiger partial charge in [0.05, 0.1) is 12.0 Å². The number of carbonyl (C=O) groups is 2. The van der Waals surface area contributed by atoms with Crippen LogP contribution in [0.1, 0.15) is 24.8 Å². The van der Waals surface area contributed by atoms with Gasteiger partial charge in [0.2, 0.25) is 5.91 Å². The Morgan fingerprint density at radius 2 is 2.11 bits per heavy atom. The van der Waals surface area contributed by atoms with Crippen molar-refractivity contribution in [2.75, 3.05) is 5.32 Å². The van der Waals surface area contributed by atoms with E-state index < -0.39 is 11.5 Å². The van der Waals surface area contributed by atoms with Gasteiger partial charge in [-0.1, -0.05) is 12.1 Å². The summed E-state index contributed by atoms with van der Waals surface area (Å²) >= 11 is 0. The highest BCUT2D eigenvalue weighted by Gasteiger charge is 2.40. The van der Waals surface area contributed by atoms with Crippen molar-refractivity contribution in [3.05, 3.63) is 29.8 Å². The average molecular weight is 248 g/mol. The lowest BCUT2D eigenvalue weighted by molar-refractivity contribution is -0.136. The Labute approximate surface area is 105 Å². The van der Waals surface area contributed by atoms with Crippen LogP contribution in [0.15, 0.2) is 24.3 Å². The molecule has 0 aromatic heterocycles. The van der Waals surface area contributed by atoms with Crippen molar-refractivity contribution in [1.82, 2.24) is 0 Å². The van der Waals surface area contributed by atoms with Crippen molar-refractivity contribution in [2.24, 2.45) is 5.73 Å². The predicted molar refractivity (Wildman–Crippen MR) is 67.2 cm³/mol. The van der Waals surface area contributed by atoms with Crippen LogP contribution in [-0.2, 0) is 16.0 Å². The molecule has 0 saturated heterocycles. The molecule has 2 rings (SSSR count). The van der Waals surface area contributed by atoms with Crippen LogP contribution in [0.5, 0.6) is 0 Å². The average Bonchev–Trinajstić information content (AvgIpc) is 2.25. The maximum atomic E-state index is 11.9. The van der Waals surface area contributed by atoms with Crippen LogP contribution in [0.2, 0.25) is 0 Å². The number of benzene rings is 1. The number of hydrogen-bond donors (Lipinski definition) is 3. The monoisotopic (exact) mass is 248 g/mol. The largest absolute Gasteiger partial charge is 0.481 e. The van der Waals surface area contributed by atoms with Gasteiger partial charge >= 0.3 is 5.97 Å². The smallest absolute Gasteiger partial charge is 0.307 e. The summed E-state index contributed by atoms with van der Waals surface area (Å²) < 4.78 is 0. The van der Waals surface area contributed by atoms with Gasteiger partial charge in [0, 0.05) is 5.69 Å². The molecule has 96 valence electrons. The van der Waals surface area contributed by atoms with Crippen molar-refractivity contribution < 1.29 is 14.7 Å². The molecular weight excluding hydrogens is 232 g/mol. The second-order valence-electron chi connectivity index (χ2n) is 4.73. The summed E-state index contributed by atoms with van der Waals surface area (Å²) in [7, 11) is 0. The van der Waals surface area contributed by atoms with Gasteiger partial charge in [-0.05, 0) is 37.0 Å². The zero-order valence-corrected chi connectivity index (χ0v) is 9.98. The number of carbonyl (C=O) groups excluding carboxylic acids is 1. The zero-order chi connectivity index (χ0) is 13.2. The van der Waals surface area contributed by atoms with Gasteiger partial charge in [-0.15, -0.1) is 0 Å². The van der Waals surface area contributed by atoms with Crippen LogP contribution in [-0.4, -0.2) is 22.5 Å². The number of rotatable bonds is 4. The van der Waals surface area contributed by atoms with E-state index in [1.54, 1.807) is 24.3 Å². The highest BCUT2D eigenvalue weighted by Crippen LogP contribution is 2.30. The van der Waals surface area contributed by atoms with Gasteiger partial charge in [0.1, 0.15) is 0 Å². The summed E-state index contributed by atoms with van der Waals surface area (Å²) in [5.41, 5.74) is 6.41. The Kier molecular flexibility index (Phi) is 3.34. The molecule has 1 aliphatic rings. The molecule has 5 nitrogen and oxygen atoms in total. The topological polar surface area (TPSA) is 92.4 Å². The van der Waals surface area contributed by atoms with E-state index >= 15 is 0 Å². The lowest BCUT2D eigenvalue weighted by Gasteiger charge is -2.36. The Morgan fingerprint density at radius 1 is 1.39 bits per heavy atom. The van der Waals surface area contributed by atoms with Gasteiger partial charge in [0.25, 0.3) is 0 Å². The molecule has 1 aromatic carbocycles. The fourth-order valence-corrected chi connectivity index (χ4v) is 1.97. The Balaban J connectivity index is 2.05. The first-order valence-corrected chi connectivity index (χ1v) is 5.91. The van der Waals surface area contributed by atoms with E-state index in [1.165, 1.54) is 0 Å². The molecule has 0 bridgehead atoms. The van der Waals surface area contributed by atoms with Crippen molar-refractivity contribution in [2.45, 2.75) is 31.2 Å². The molecule has 4 N–H and O–H groups in total. The molecule has 1 aliphatic carbocycles. The van der Waals surface area contributed by atoms with Crippen LogP contribution in [0.3, 0.4) is 0 Å². The van der Waals surface area contributed by atoms with E-state index in [0.29, 0.717) is 24.1 Å². The first-order valence-electron chi connectivity index (χ1n) is 5.91. The molecule has 0 aliphatic heterocycles. The number of anilines is 1. The first kappa shape index (κ1) is 12.6. The Hall–Kier alpha value is -1.88. The fraction of sp³-hybridized carbons (Fsp3) is 0.385. The van der Waals surface area contributed by atoms with Crippen molar-refractivity contribution in [3.63, 3.8) is 0 Å². The standard InChI is InChI=1S/C13H16N2O3/c14-13(5-2-6-13)12(18)15-10-4-1-3-9(7-10)8-11(16)17/h1,3-4,7H,2,5-6,8,14H2,(H,15,18)(H,16,17). The summed E-state index contributed by atoms with van der Waals surface area (Å²) in [4.78, 5) is 22.5. The molecule has 0 radical (unpaired) electrons. The highest BCUT2D eigenvalue weighted by molar-refractivity contribution is 5.98. The summed E-state index contributed by atoms with van der Waals surface area (Å²) in [6.45, 7) is 0. The van der Waals surface area contributed by atoms with Crippen molar-refractivity contribution >= 4 is 17.6 Å². The normalized spacial score (nSPS) is 16.7. The minimum Gasteiger partial charge on any atom is -0.481 e. The fourth-order valence-electron chi connectivity index (χ4n) is 1.97. The molecule has 5 heteroatoms. The minimum atomic E-state index is -0.896. The maximum absolute atomic E-state index is 11.9. The zero-order valence-electron chi connectivity index (χ0n) is 9.98. The third kappa shape index (κ3) is 2.68. The van der Waals surface area contributed by atoms with E-state index in [4.69, 9.17) is 10.8 Å². The second-order valence-corrected chi connectivity index (χ2v) is 4.73. The lowest BCUT2D eigenvalue weighted by atomic mass is 9.77. The molecule has 1 saturated carbocycles. The summed E-state index contributed by atoms with van der Waals surface area (Å²) in [6, 6.07) is 6.82. The number of aliphatic carboxylic acids is 1. The first-order chi connectivity index (χ1) is 8.49. The van der Waals surface area contributed by atoms with E-state index in [2.05, 4.69) is 5.32 Å². The van der Waals surface area contributed by atoms with E-state index in [-0.39, 0.29) is 12.3 Å². The summed E-state index contributed by atoms with van der Waals surface area (Å²) in [5, 5.41) is 11.4. The van der Waals surface area contributed by atoms with Gasteiger partial charge in [0.15, 0.2) is 0 Å². The number of amides is 1. The molecule has 1 aromatic rings. The van der Waals surface area contributed by atoms with Crippen LogP contribution >= 0.6 is 0 Å². The lowest BCUT2D eigenvalue weighted by Crippen LogP contribution is -2.56. The molecule has 18 heavy (non-hydrogen) atoms. The van der Waals surface area contributed by atoms with Crippen LogP contribution in [0, 0.1) is 0 Å². The predicted octanol–water partition coefficient (Wildman–Crippen LogP) is 1.13. The maximum Gasteiger partial charge on any atom is 0.307 e. The highest BCUT2D eigenvalue weighted by atomic mass is 16.4. The minimum absolute atomic E-state index is 0.0581. The summed E-state index contributed by atoms with van der Waals surface area (Å²) in [5.74, 6) is -1.09. The number of carboxylic acids is 1. The SMILES string of the molecule is NC1(C(=O)Nc2cccc(CC(=O)O)c2)CCC1. The Bertz CT molecular complexity index is 481. The molecule has 0 spiro atoms. The van der Waals surface area contributed by atoms with Gasteiger partial charge in [-0.3, -0.25) is 9.59 Å². The van der Waals surface area contributed by atoms with Crippen molar-refractivity contribution in [3.8, 4) is 0 Å². The molecule has 1 fully saturated rings. The van der Waals surface area contributed by atoms with Gasteiger partial charge < -0.3 is 16.2 Å². The Morgan fingerprint density at radius 3 is 2.67 bits per heavy atom. The van der Waals surface area contributed by atoms with Crippen LogP contribution in [0.25, 0.3) is 0 Å². The molecule has 0 unspecified atom stereocenters. The van der Waals surface area contributed by atoms with E-state index in [1.807, 2.05) is 0 Å². The molecular formula is C13H16N2O3. The van der Waals surface area contributed by atoms with Crippen LogP contribution < -0.4 is 11.1 Å². The van der Waals surface area contributed by atoms with Crippen molar-refractivity contribution in [1.29, 1.82) is 0 Å². The molecule has 0 atom stereocenters. The third-order valence-corrected chi connectivity index (χ3v) is 3.24. The molecule has 1 amide bonds. The quantitative estimate of drug-likeness (QED) is 0.744. The number of carboxylic acid groups (broad SMARTS) is 1. The van der Waals surface area contributed by atoms with Crippen LogP contribution in [0.4, 0.5) is 5.69 Å². The van der Waals surface area contributed by atoms with E-state index in [0.717, 1.165) is 6.42 Å².